The summed E-state index contributed by atoms with van der Waals surface area (Å²) in [5.41, 5.74) is 0. The van der Waals surface area contributed by atoms with Crippen LogP contribution in [-0.2, 0) is 4.79 Å². The number of aliphatic hydroxyl groups excluding tert-OH is 1. The minimum Gasteiger partial charge on any atom is -0.370 e. The van der Waals surface area contributed by atoms with Crippen LogP contribution in [0.4, 0.5) is 4.79 Å². The molecule has 1 saturated heterocycles. The third kappa shape index (κ3) is 1.94. The van der Waals surface area contributed by atoms with Crippen LogP contribution >= 0.6 is 31.9 Å². The van der Waals surface area contributed by atoms with Gasteiger partial charge in [0, 0.05) is 6.54 Å². The Labute approximate surface area is 98.1 Å². The molecule has 0 aliphatic carbocycles. The number of carbonyl (C=O) groups is 2. The van der Waals surface area contributed by atoms with Gasteiger partial charge < -0.3 is 5.11 Å². The van der Waals surface area contributed by atoms with Gasteiger partial charge in [-0.25, -0.2) is 4.79 Å². The minimum atomic E-state index is -1.32. The second-order valence-corrected chi connectivity index (χ2v) is 6.52. The zero-order valence-electron chi connectivity index (χ0n) is 7.46. The van der Waals surface area contributed by atoms with Crippen LogP contribution < -0.4 is 5.32 Å². The average molecular weight is 330 g/mol. The lowest BCUT2D eigenvalue weighted by molar-refractivity contribution is -0.127. The molecule has 0 radical (unpaired) electrons. The molecule has 1 aliphatic rings. The molecule has 0 saturated carbocycles. The first-order valence-corrected chi connectivity index (χ1v) is 5.67. The maximum atomic E-state index is 11.3. The van der Waals surface area contributed by atoms with Crippen LogP contribution in [0.15, 0.2) is 0 Å². The van der Waals surface area contributed by atoms with Crippen molar-refractivity contribution in [2.75, 3.05) is 6.54 Å². The average Bonchev–Trinajstić information content (AvgIpc) is 2.10. The van der Waals surface area contributed by atoms with Crippen molar-refractivity contribution in [1.82, 2.24) is 10.2 Å². The van der Waals surface area contributed by atoms with E-state index in [2.05, 4.69) is 37.2 Å². The Morgan fingerprint density at radius 2 is 2.14 bits per heavy atom. The number of alkyl halides is 2. The number of hydrogen-bond acceptors (Lipinski definition) is 3. The van der Waals surface area contributed by atoms with Crippen molar-refractivity contribution in [2.24, 2.45) is 0 Å². The van der Waals surface area contributed by atoms with Crippen LogP contribution in [0.1, 0.15) is 13.3 Å². The van der Waals surface area contributed by atoms with E-state index in [1.54, 1.807) is 0 Å². The fraction of sp³-hybridized carbons (Fsp3) is 0.714. The van der Waals surface area contributed by atoms with Crippen molar-refractivity contribution in [1.29, 1.82) is 0 Å². The molecular weight excluding hydrogens is 320 g/mol. The Morgan fingerprint density at radius 3 is 2.64 bits per heavy atom. The summed E-state index contributed by atoms with van der Waals surface area (Å²) in [7, 11) is 0. The number of urea groups is 1. The first-order valence-electron chi connectivity index (χ1n) is 4.09. The summed E-state index contributed by atoms with van der Waals surface area (Å²) < 4.78 is -1.32. The molecule has 0 bridgehead atoms. The molecular formula is C7H10Br2N2O3. The number of halogens is 2. The predicted molar refractivity (Wildman–Crippen MR) is 57.1 cm³/mol. The summed E-state index contributed by atoms with van der Waals surface area (Å²) in [5.74, 6) is -0.595. The lowest BCUT2D eigenvalue weighted by Crippen LogP contribution is -2.65. The molecule has 14 heavy (non-hydrogen) atoms. The first-order chi connectivity index (χ1) is 6.41. The number of aliphatic hydroxyl groups is 1. The first kappa shape index (κ1) is 11.9. The summed E-state index contributed by atoms with van der Waals surface area (Å²) in [5, 5.41) is 11.8. The van der Waals surface area contributed by atoms with E-state index in [0.29, 0.717) is 13.0 Å². The summed E-state index contributed by atoms with van der Waals surface area (Å²) in [6, 6.07) is -0.570. The summed E-state index contributed by atoms with van der Waals surface area (Å²) in [4.78, 5) is 23.7. The Hall–Kier alpha value is -0.140. The van der Waals surface area contributed by atoms with Gasteiger partial charge in [0.2, 0.25) is 3.23 Å². The fourth-order valence-electron chi connectivity index (χ4n) is 1.14. The largest absolute Gasteiger partial charge is 0.370 e. The second-order valence-electron chi connectivity index (χ2n) is 2.95. The van der Waals surface area contributed by atoms with E-state index in [9.17, 15) is 14.7 Å². The maximum absolute atomic E-state index is 11.3. The zero-order valence-corrected chi connectivity index (χ0v) is 10.6. The van der Waals surface area contributed by atoms with Gasteiger partial charge in [-0.05, 0) is 6.42 Å². The number of carbonyl (C=O) groups excluding carboxylic acids is 2. The smallest absolute Gasteiger partial charge is 0.326 e. The highest BCUT2D eigenvalue weighted by Gasteiger charge is 2.50. The molecule has 2 N–H and O–H groups in total. The van der Waals surface area contributed by atoms with Gasteiger partial charge in [0.15, 0.2) is 6.23 Å². The topological polar surface area (TPSA) is 69.6 Å². The van der Waals surface area contributed by atoms with Gasteiger partial charge in [-0.3, -0.25) is 15.0 Å². The second kappa shape index (κ2) is 4.16. The highest BCUT2D eigenvalue weighted by atomic mass is 79.9. The van der Waals surface area contributed by atoms with Crippen LogP contribution in [0.25, 0.3) is 0 Å². The summed E-state index contributed by atoms with van der Waals surface area (Å²) >= 11 is 6.04. The van der Waals surface area contributed by atoms with E-state index in [4.69, 9.17) is 0 Å². The van der Waals surface area contributed by atoms with Gasteiger partial charge in [0.25, 0.3) is 5.91 Å². The van der Waals surface area contributed by atoms with Gasteiger partial charge in [-0.1, -0.05) is 38.8 Å². The van der Waals surface area contributed by atoms with Gasteiger partial charge in [0.1, 0.15) is 0 Å². The molecule has 0 spiro atoms. The zero-order chi connectivity index (χ0) is 10.9. The van der Waals surface area contributed by atoms with Crippen molar-refractivity contribution in [3.8, 4) is 0 Å². The van der Waals surface area contributed by atoms with Crippen LogP contribution in [0, 0.1) is 0 Å². The van der Waals surface area contributed by atoms with Gasteiger partial charge in [0.05, 0.1) is 0 Å². The number of amides is 3. The van der Waals surface area contributed by atoms with Crippen LogP contribution in [0.3, 0.4) is 0 Å². The lowest BCUT2D eigenvalue weighted by atomic mass is 10.2. The van der Waals surface area contributed by atoms with Gasteiger partial charge >= 0.3 is 6.03 Å². The van der Waals surface area contributed by atoms with E-state index >= 15 is 0 Å². The van der Waals surface area contributed by atoms with Crippen molar-refractivity contribution >= 4 is 43.8 Å². The SMILES string of the molecule is CCCN1C(=O)NC(=O)C(Br)(Br)C1O. The molecule has 1 unspecified atom stereocenters. The van der Waals surface area contributed by atoms with E-state index in [1.807, 2.05) is 6.92 Å². The monoisotopic (exact) mass is 328 g/mol. The van der Waals surface area contributed by atoms with Crippen molar-refractivity contribution < 1.29 is 14.7 Å². The van der Waals surface area contributed by atoms with Gasteiger partial charge in [-0.2, -0.15) is 0 Å². The number of imide groups is 1. The highest BCUT2D eigenvalue weighted by molar-refractivity contribution is 9.26. The number of nitrogens with zero attached hydrogens (tertiary/aromatic N) is 1. The molecule has 1 aliphatic heterocycles. The third-order valence-electron chi connectivity index (χ3n) is 1.87. The van der Waals surface area contributed by atoms with E-state index in [-0.39, 0.29) is 0 Å². The van der Waals surface area contributed by atoms with E-state index in [1.165, 1.54) is 4.90 Å². The fourth-order valence-corrected chi connectivity index (χ4v) is 1.83. The van der Waals surface area contributed by atoms with Gasteiger partial charge in [-0.15, -0.1) is 0 Å². The molecule has 5 nitrogen and oxygen atoms in total. The molecule has 7 heteroatoms. The molecule has 1 rings (SSSR count). The molecule has 0 aromatic carbocycles. The van der Waals surface area contributed by atoms with Crippen LogP contribution in [0.5, 0.6) is 0 Å². The number of hydrogen-bond donors (Lipinski definition) is 2. The molecule has 3 amide bonds. The number of nitrogens with one attached hydrogen (secondary N) is 1. The van der Waals surface area contributed by atoms with Crippen molar-refractivity contribution in [3.63, 3.8) is 0 Å². The highest BCUT2D eigenvalue weighted by Crippen LogP contribution is 2.34. The molecule has 1 heterocycles. The summed E-state index contributed by atoms with van der Waals surface area (Å²) in [6.07, 6.45) is -0.502. The Kier molecular flexibility index (Phi) is 3.54. The predicted octanol–water partition coefficient (Wildman–Crippen LogP) is 0.753. The summed E-state index contributed by atoms with van der Waals surface area (Å²) in [6.45, 7) is 2.26. The number of rotatable bonds is 2. The normalized spacial score (nSPS) is 26.3. The Balaban J connectivity index is 2.88. The molecule has 0 aromatic heterocycles. The quantitative estimate of drug-likeness (QED) is 0.735. The Bertz CT molecular complexity index is 270. The Morgan fingerprint density at radius 1 is 1.57 bits per heavy atom. The van der Waals surface area contributed by atoms with E-state index < -0.39 is 21.4 Å². The molecule has 1 fully saturated rings. The molecule has 0 aromatic rings. The third-order valence-corrected chi connectivity index (χ3v) is 3.41. The van der Waals surface area contributed by atoms with Crippen molar-refractivity contribution in [3.05, 3.63) is 0 Å². The molecule has 80 valence electrons. The van der Waals surface area contributed by atoms with Crippen LogP contribution in [-0.4, -0.2) is 38.0 Å². The van der Waals surface area contributed by atoms with E-state index in [0.717, 1.165) is 0 Å². The van der Waals surface area contributed by atoms with Crippen molar-refractivity contribution in [2.45, 2.75) is 22.8 Å². The standard InChI is InChI=1S/C7H10Br2N2O3/c1-2-3-11-5(13)7(8,9)4(12)10-6(11)14/h5,13H,2-3H2,1H3,(H,10,12,14). The maximum Gasteiger partial charge on any atom is 0.326 e. The minimum absolute atomic E-state index is 0.388. The van der Waals surface area contributed by atoms with Crippen LogP contribution in [0.2, 0.25) is 0 Å². The molecule has 1 atom stereocenters. The lowest BCUT2D eigenvalue weighted by Gasteiger charge is -2.39.